The van der Waals surface area contributed by atoms with Gasteiger partial charge < -0.3 is 5.32 Å². The molecule has 1 saturated carbocycles. The number of fused-ring (bicyclic) bond motifs is 1. The number of hydrogen-bond donors (Lipinski definition) is 1. The first-order valence-electron chi connectivity index (χ1n) is 6.99. The topological polar surface area (TPSA) is 24.9 Å². The second kappa shape index (κ2) is 5.49. The summed E-state index contributed by atoms with van der Waals surface area (Å²) in [5.41, 5.74) is 2.53. The molecule has 0 atom stereocenters. The molecule has 0 unspecified atom stereocenters. The minimum absolute atomic E-state index is 0.844. The van der Waals surface area contributed by atoms with Crippen molar-refractivity contribution in [3.05, 3.63) is 42.1 Å². The molecule has 0 amide bonds. The molecule has 1 N–H and O–H groups in total. The van der Waals surface area contributed by atoms with E-state index < -0.39 is 0 Å². The molecule has 2 heteroatoms. The van der Waals surface area contributed by atoms with Crippen molar-refractivity contribution in [2.24, 2.45) is 0 Å². The van der Waals surface area contributed by atoms with E-state index in [2.05, 4.69) is 34.6 Å². The number of unbranched alkanes of at least 4 members (excludes halogenated alkanes) is 1. The molecule has 1 heterocycles. The highest BCUT2D eigenvalue weighted by atomic mass is 14.9. The van der Waals surface area contributed by atoms with E-state index in [1.807, 2.05) is 12.3 Å². The number of aryl methyl sites for hydroxylation is 1. The van der Waals surface area contributed by atoms with E-state index in [1.165, 1.54) is 49.6 Å². The van der Waals surface area contributed by atoms with Gasteiger partial charge in [0.15, 0.2) is 0 Å². The van der Waals surface area contributed by atoms with Crippen LogP contribution in [0.1, 0.15) is 31.2 Å². The molecule has 1 fully saturated rings. The molecule has 0 aliphatic heterocycles. The second-order valence-electron chi connectivity index (χ2n) is 5.22. The van der Waals surface area contributed by atoms with E-state index in [0.29, 0.717) is 0 Å². The summed E-state index contributed by atoms with van der Waals surface area (Å²) in [6.45, 7) is 1.18. The highest BCUT2D eigenvalue weighted by Gasteiger charge is 2.19. The van der Waals surface area contributed by atoms with Gasteiger partial charge in [0.2, 0.25) is 0 Å². The van der Waals surface area contributed by atoms with Gasteiger partial charge in [-0.05, 0) is 62.4 Å². The Bertz CT molecular complexity index is 517. The summed E-state index contributed by atoms with van der Waals surface area (Å²) in [5, 5.41) is 4.82. The van der Waals surface area contributed by atoms with E-state index in [4.69, 9.17) is 0 Å². The maximum absolute atomic E-state index is 4.35. The molecule has 1 aromatic heterocycles. The minimum Gasteiger partial charge on any atom is -0.314 e. The van der Waals surface area contributed by atoms with Crippen LogP contribution in [0.15, 0.2) is 36.5 Å². The minimum atomic E-state index is 0.844. The lowest BCUT2D eigenvalue weighted by Crippen LogP contribution is -2.17. The number of benzene rings is 1. The van der Waals surface area contributed by atoms with Crippen LogP contribution in [0.2, 0.25) is 0 Å². The SMILES string of the molecule is c1cnc2ccc(CCCCNC3CC3)cc2c1. The molecule has 2 aromatic rings. The Balaban J connectivity index is 1.50. The standard InChI is InChI=1S/C16H20N2/c1(2-10-17-15-7-8-15)4-13-6-9-16-14(12-13)5-3-11-18-16/h3,5-6,9,11-12,15,17H,1-2,4,7-8,10H2. The Hall–Kier alpha value is -1.41. The molecular weight excluding hydrogens is 220 g/mol. The quantitative estimate of drug-likeness (QED) is 0.784. The van der Waals surface area contributed by atoms with Crippen LogP contribution in [0.5, 0.6) is 0 Å². The molecule has 0 spiro atoms. The van der Waals surface area contributed by atoms with E-state index in [9.17, 15) is 0 Å². The molecule has 2 nitrogen and oxygen atoms in total. The molecule has 0 radical (unpaired) electrons. The predicted molar refractivity (Wildman–Crippen MR) is 75.7 cm³/mol. The van der Waals surface area contributed by atoms with Gasteiger partial charge in [0.1, 0.15) is 0 Å². The molecule has 3 rings (SSSR count). The van der Waals surface area contributed by atoms with Gasteiger partial charge in [-0.15, -0.1) is 0 Å². The maximum Gasteiger partial charge on any atom is 0.0702 e. The highest BCUT2D eigenvalue weighted by Crippen LogP contribution is 2.18. The Morgan fingerprint density at radius 2 is 2.11 bits per heavy atom. The average molecular weight is 240 g/mol. The molecule has 0 saturated heterocycles. The zero-order valence-electron chi connectivity index (χ0n) is 10.7. The summed E-state index contributed by atoms with van der Waals surface area (Å²) < 4.78 is 0. The Morgan fingerprint density at radius 1 is 1.17 bits per heavy atom. The lowest BCUT2D eigenvalue weighted by atomic mass is 10.1. The molecule has 1 aliphatic carbocycles. The third kappa shape index (κ3) is 3.08. The number of aromatic nitrogens is 1. The van der Waals surface area contributed by atoms with Crippen LogP contribution in [0.4, 0.5) is 0 Å². The lowest BCUT2D eigenvalue weighted by molar-refractivity contribution is 0.620. The van der Waals surface area contributed by atoms with Gasteiger partial charge in [-0.2, -0.15) is 0 Å². The Labute approximate surface area is 108 Å². The predicted octanol–water partition coefficient (Wildman–Crippen LogP) is 3.31. The number of hydrogen-bond acceptors (Lipinski definition) is 2. The smallest absolute Gasteiger partial charge is 0.0702 e. The summed E-state index contributed by atoms with van der Waals surface area (Å²) in [4.78, 5) is 4.35. The summed E-state index contributed by atoms with van der Waals surface area (Å²) in [6, 6.07) is 11.6. The van der Waals surface area contributed by atoms with E-state index in [1.54, 1.807) is 0 Å². The third-order valence-electron chi connectivity index (χ3n) is 3.57. The summed E-state index contributed by atoms with van der Waals surface area (Å²) in [5.74, 6) is 0. The van der Waals surface area contributed by atoms with E-state index in [-0.39, 0.29) is 0 Å². The Morgan fingerprint density at radius 3 is 3.00 bits per heavy atom. The fraction of sp³-hybridized carbons (Fsp3) is 0.438. The van der Waals surface area contributed by atoms with Crippen LogP contribution in [0, 0.1) is 0 Å². The molecular formula is C16H20N2. The van der Waals surface area contributed by atoms with Crippen LogP contribution >= 0.6 is 0 Å². The van der Waals surface area contributed by atoms with Crippen molar-refractivity contribution in [2.45, 2.75) is 38.1 Å². The van der Waals surface area contributed by atoms with E-state index in [0.717, 1.165) is 11.6 Å². The first-order valence-corrected chi connectivity index (χ1v) is 6.99. The van der Waals surface area contributed by atoms with Gasteiger partial charge in [-0.1, -0.05) is 12.1 Å². The molecule has 0 bridgehead atoms. The number of rotatable bonds is 6. The third-order valence-corrected chi connectivity index (χ3v) is 3.57. The number of nitrogens with zero attached hydrogens (tertiary/aromatic N) is 1. The van der Waals surface area contributed by atoms with Crippen molar-refractivity contribution < 1.29 is 0 Å². The maximum atomic E-state index is 4.35. The zero-order chi connectivity index (χ0) is 12.2. The average Bonchev–Trinajstić information content (AvgIpc) is 3.22. The summed E-state index contributed by atoms with van der Waals surface area (Å²) >= 11 is 0. The van der Waals surface area contributed by atoms with Crippen molar-refractivity contribution in [1.29, 1.82) is 0 Å². The number of pyridine rings is 1. The van der Waals surface area contributed by atoms with Crippen LogP contribution in [0.25, 0.3) is 10.9 Å². The second-order valence-corrected chi connectivity index (χ2v) is 5.22. The molecule has 1 aliphatic rings. The van der Waals surface area contributed by atoms with Gasteiger partial charge in [0, 0.05) is 17.6 Å². The molecule has 18 heavy (non-hydrogen) atoms. The van der Waals surface area contributed by atoms with Crippen molar-refractivity contribution in [1.82, 2.24) is 10.3 Å². The fourth-order valence-corrected chi connectivity index (χ4v) is 2.33. The Kier molecular flexibility index (Phi) is 3.56. The van der Waals surface area contributed by atoms with Crippen LogP contribution < -0.4 is 5.32 Å². The van der Waals surface area contributed by atoms with Crippen LogP contribution in [-0.2, 0) is 6.42 Å². The van der Waals surface area contributed by atoms with Crippen molar-refractivity contribution in [3.8, 4) is 0 Å². The molecule has 94 valence electrons. The summed E-state index contributed by atoms with van der Waals surface area (Å²) in [6.07, 6.45) is 8.35. The first kappa shape index (κ1) is 11.7. The normalized spacial score (nSPS) is 15.1. The lowest BCUT2D eigenvalue weighted by Gasteiger charge is -2.04. The van der Waals surface area contributed by atoms with Crippen molar-refractivity contribution >= 4 is 10.9 Å². The van der Waals surface area contributed by atoms with Crippen LogP contribution in [0.3, 0.4) is 0 Å². The number of nitrogens with one attached hydrogen (secondary N) is 1. The van der Waals surface area contributed by atoms with Gasteiger partial charge in [0.25, 0.3) is 0 Å². The van der Waals surface area contributed by atoms with Crippen LogP contribution in [-0.4, -0.2) is 17.6 Å². The zero-order valence-corrected chi connectivity index (χ0v) is 10.7. The first-order chi connectivity index (χ1) is 8.92. The largest absolute Gasteiger partial charge is 0.314 e. The molecule has 1 aromatic carbocycles. The monoisotopic (exact) mass is 240 g/mol. The highest BCUT2D eigenvalue weighted by molar-refractivity contribution is 5.78. The van der Waals surface area contributed by atoms with E-state index >= 15 is 0 Å². The van der Waals surface area contributed by atoms with Gasteiger partial charge >= 0.3 is 0 Å². The van der Waals surface area contributed by atoms with Gasteiger partial charge in [-0.25, -0.2) is 0 Å². The fourth-order valence-electron chi connectivity index (χ4n) is 2.33. The summed E-state index contributed by atoms with van der Waals surface area (Å²) in [7, 11) is 0. The van der Waals surface area contributed by atoms with Crippen molar-refractivity contribution in [3.63, 3.8) is 0 Å². The van der Waals surface area contributed by atoms with Crippen molar-refractivity contribution in [2.75, 3.05) is 6.54 Å². The van der Waals surface area contributed by atoms with Gasteiger partial charge in [0.05, 0.1) is 5.52 Å². The van der Waals surface area contributed by atoms with Gasteiger partial charge in [-0.3, -0.25) is 4.98 Å².